The highest BCUT2D eigenvalue weighted by molar-refractivity contribution is 7.89. The van der Waals surface area contributed by atoms with Gasteiger partial charge in [-0.25, -0.2) is 13.1 Å². The molecular weight excluding hydrogens is 250 g/mol. The molecule has 0 saturated heterocycles. The fourth-order valence-electron chi connectivity index (χ4n) is 1.14. The number of hydrogen-bond acceptors (Lipinski definition) is 3. The van der Waals surface area contributed by atoms with Gasteiger partial charge in [0.1, 0.15) is 0 Å². The molecule has 0 atom stereocenters. The molecule has 4 nitrogen and oxygen atoms in total. The quantitative estimate of drug-likeness (QED) is 0.847. The molecule has 16 heavy (non-hydrogen) atoms. The topological polar surface area (TPSA) is 66.4 Å². The second-order valence-electron chi connectivity index (χ2n) is 3.31. The van der Waals surface area contributed by atoms with Gasteiger partial charge in [0.05, 0.1) is 11.5 Å². The van der Waals surface area contributed by atoms with Gasteiger partial charge < -0.3 is 5.11 Å². The Morgan fingerprint density at radius 1 is 1.44 bits per heavy atom. The molecule has 1 rings (SSSR count). The fourth-order valence-corrected chi connectivity index (χ4v) is 2.61. The average Bonchev–Trinajstić information content (AvgIpc) is 2.26. The Labute approximate surface area is 100 Å². The summed E-state index contributed by atoms with van der Waals surface area (Å²) in [4.78, 5) is 0.114. The molecule has 1 aromatic rings. The first-order valence-corrected chi connectivity index (χ1v) is 6.76. The van der Waals surface area contributed by atoms with Crippen LogP contribution >= 0.6 is 11.6 Å². The van der Waals surface area contributed by atoms with Crippen LogP contribution in [0.25, 0.3) is 0 Å². The summed E-state index contributed by atoms with van der Waals surface area (Å²) in [6, 6.07) is 4.27. The van der Waals surface area contributed by atoms with E-state index in [9.17, 15) is 8.42 Å². The maximum atomic E-state index is 11.7. The van der Waals surface area contributed by atoms with Gasteiger partial charge in [-0.1, -0.05) is 24.6 Å². The summed E-state index contributed by atoms with van der Waals surface area (Å²) in [5.41, 5.74) is 0.510. The predicted molar refractivity (Wildman–Crippen MR) is 62.9 cm³/mol. The Bertz CT molecular complexity index is 459. The molecule has 6 heteroatoms. The van der Waals surface area contributed by atoms with Gasteiger partial charge in [-0.05, 0) is 24.1 Å². The molecule has 1 aromatic carbocycles. The van der Waals surface area contributed by atoms with E-state index in [4.69, 9.17) is 16.7 Å². The van der Waals surface area contributed by atoms with Crippen molar-refractivity contribution in [3.05, 3.63) is 28.8 Å². The highest BCUT2D eigenvalue weighted by atomic mass is 35.5. The SMILES string of the molecule is CCCNS(=O)(=O)c1ccc(CO)c(Cl)c1. The molecule has 0 heterocycles. The van der Waals surface area contributed by atoms with Crippen LogP contribution in [-0.2, 0) is 16.6 Å². The molecule has 0 aliphatic heterocycles. The van der Waals surface area contributed by atoms with Gasteiger partial charge >= 0.3 is 0 Å². The van der Waals surface area contributed by atoms with E-state index in [-0.39, 0.29) is 16.5 Å². The van der Waals surface area contributed by atoms with Crippen molar-refractivity contribution < 1.29 is 13.5 Å². The summed E-state index contributed by atoms with van der Waals surface area (Å²) in [6.45, 7) is 2.06. The van der Waals surface area contributed by atoms with Crippen molar-refractivity contribution in [2.75, 3.05) is 6.54 Å². The van der Waals surface area contributed by atoms with Gasteiger partial charge in [0.25, 0.3) is 0 Å². The summed E-state index contributed by atoms with van der Waals surface area (Å²) in [7, 11) is -3.49. The third-order valence-corrected chi connectivity index (χ3v) is 3.86. The zero-order valence-electron chi connectivity index (χ0n) is 8.90. The fraction of sp³-hybridized carbons (Fsp3) is 0.400. The number of halogens is 1. The minimum absolute atomic E-state index is 0.114. The highest BCUT2D eigenvalue weighted by Gasteiger charge is 2.14. The van der Waals surface area contributed by atoms with Crippen molar-refractivity contribution in [1.82, 2.24) is 4.72 Å². The maximum Gasteiger partial charge on any atom is 0.240 e. The first kappa shape index (κ1) is 13.4. The van der Waals surface area contributed by atoms with Gasteiger partial charge in [-0.3, -0.25) is 0 Å². The molecule has 0 bridgehead atoms. The molecule has 0 fully saturated rings. The molecule has 0 saturated carbocycles. The van der Waals surface area contributed by atoms with E-state index in [1.54, 1.807) is 0 Å². The third-order valence-electron chi connectivity index (χ3n) is 2.05. The van der Waals surface area contributed by atoms with Crippen LogP contribution in [0.4, 0.5) is 0 Å². The summed E-state index contributed by atoms with van der Waals surface area (Å²) in [6.07, 6.45) is 0.724. The number of nitrogens with one attached hydrogen (secondary N) is 1. The van der Waals surface area contributed by atoms with Crippen LogP contribution in [0, 0.1) is 0 Å². The Kier molecular flexibility index (Phi) is 4.73. The second-order valence-corrected chi connectivity index (χ2v) is 5.48. The molecule has 0 aromatic heterocycles. The highest BCUT2D eigenvalue weighted by Crippen LogP contribution is 2.20. The second kappa shape index (κ2) is 5.63. The minimum atomic E-state index is -3.49. The summed E-state index contributed by atoms with van der Waals surface area (Å²) >= 11 is 5.82. The average molecular weight is 264 g/mol. The molecule has 90 valence electrons. The van der Waals surface area contributed by atoms with Gasteiger partial charge in [-0.2, -0.15) is 0 Å². The smallest absolute Gasteiger partial charge is 0.240 e. The molecule has 0 spiro atoms. The van der Waals surface area contributed by atoms with E-state index in [0.29, 0.717) is 12.1 Å². The lowest BCUT2D eigenvalue weighted by Gasteiger charge is -2.07. The monoisotopic (exact) mass is 263 g/mol. The van der Waals surface area contributed by atoms with Crippen molar-refractivity contribution >= 4 is 21.6 Å². The van der Waals surface area contributed by atoms with Crippen LogP contribution in [0.2, 0.25) is 5.02 Å². The Balaban J connectivity index is 3.01. The molecule has 0 aliphatic rings. The number of sulfonamides is 1. The maximum absolute atomic E-state index is 11.7. The molecule has 0 unspecified atom stereocenters. The van der Waals surface area contributed by atoms with Crippen molar-refractivity contribution in [3.63, 3.8) is 0 Å². The van der Waals surface area contributed by atoms with Crippen molar-refractivity contribution in [1.29, 1.82) is 0 Å². The minimum Gasteiger partial charge on any atom is -0.392 e. The number of hydrogen-bond donors (Lipinski definition) is 2. The van der Waals surface area contributed by atoms with Gasteiger partial charge in [0.2, 0.25) is 10.0 Å². The van der Waals surface area contributed by atoms with E-state index in [1.165, 1.54) is 18.2 Å². The zero-order valence-corrected chi connectivity index (χ0v) is 10.5. The van der Waals surface area contributed by atoms with Crippen LogP contribution < -0.4 is 4.72 Å². The Morgan fingerprint density at radius 2 is 2.12 bits per heavy atom. The molecule has 2 N–H and O–H groups in total. The molecule has 0 radical (unpaired) electrons. The first-order chi connectivity index (χ1) is 7.51. The van der Waals surface area contributed by atoms with Crippen LogP contribution in [-0.4, -0.2) is 20.1 Å². The third kappa shape index (κ3) is 3.18. The Hall–Kier alpha value is -0.620. The summed E-state index contributed by atoms with van der Waals surface area (Å²) in [5, 5.41) is 9.16. The van der Waals surface area contributed by atoms with Crippen molar-refractivity contribution in [3.8, 4) is 0 Å². The van der Waals surface area contributed by atoms with Crippen LogP contribution in [0.5, 0.6) is 0 Å². The molecule has 0 amide bonds. The van der Waals surface area contributed by atoms with Crippen molar-refractivity contribution in [2.24, 2.45) is 0 Å². The predicted octanol–water partition coefficient (Wildman–Crippen LogP) is 1.52. The lowest BCUT2D eigenvalue weighted by atomic mass is 10.2. The summed E-state index contributed by atoms with van der Waals surface area (Å²) < 4.78 is 25.9. The number of rotatable bonds is 5. The van der Waals surface area contributed by atoms with Gasteiger partial charge in [0, 0.05) is 11.6 Å². The number of aliphatic hydroxyl groups is 1. The zero-order chi connectivity index (χ0) is 12.2. The van der Waals surface area contributed by atoms with Gasteiger partial charge in [-0.15, -0.1) is 0 Å². The van der Waals surface area contributed by atoms with E-state index in [2.05, 4.69) is 4.72 Å². The van der Waals surface area contributed by atoms with E-state index < -0.39 is 10.0 Å². The first-order valence-electron chi connectivity index (χ1n) is 4.90. The standard InChI is InChI=1S/C10H14ClNO3S/c1-2-5-12-16(14,15)9-4-3-8(7-13)10(11)6-9/h3-4,6,12-13H,2,5,7H2,1H3. The number of aliphatic hydroxyl groups excluding tert-OH is 1. The Morgan fingerprint density at radius 3 is 2.62 bits per heavy atom. The molecule has 0 aliphatic carbocycles. The van der Waals surface area contributed by atoms with Crippen molar-refractivity contribution in [2.45, 2.75) is 24.8 Å². The van der Waals surface area contributed by atoms with E-state index in [0.717, 1.165) is 6.42 Å². The largest absolute Gasteiger partial charge is 0.392 e. The molecular formula is C10H14ClNO3S. The van der Waals surface area contributed by atoms with Crippen LogP contribution in [0.3, 0.4) is 0 Å². The van der Waals surface area contributed by atoms with Crippen LogP contribution in [0.1, 0.15) is 18.9 Å². The lowest BCUT2D eigenvalue weighted by molar-refractivity contribution is 0.282. The van der Waals surface area contributed by atoms with Gasteiger partial charge in [0.15, 0.2) is 0 Å². The normalized spacial score (nSPS) is 11.7. The number of benzene rings is 1. The van der Waals surface area contributed by atoms with Crippen LogP contribution in [0.15, 0.2) is 23.1 Å². The van der Waals surface area contributed by atoms with E-state index >= 15 is 0 Å². The summed E-state index contributed by atoms with van der Waals surface area (Å²) in [5.74, 6) is 0. The van der Waals surface area contributed by atoms with E-state index in [1.807, 2.05) is 6.92 Å². The lowest BCUT2D eigenvalue weighted by Crippen LogP contribution is -2.24.